The van der Waals surface area contributed by atoms with Gasteiger partial charge in [0.25, 0.3) is 0 Å². The second kappa shape index (κ2) is 8.66. The quantitative estimate of drug-likeness (QED) is 0.271. The normalized spacial score (nSPS) is 11.8. The third-order valence-corrected chi connectivity index (χ3v) is 5.10. The summed E-state index contributed by atoms with van der Waals surface area (Å²) >= 11 is 12.3. The predicted molar refractivity (Wildman–Crippen MR) is 117 cm³/mol. The second-order valence-electron chi connectivity index (χ2n) is 6.58. The van der Waals surface area contributed by atoms with Crippen LogP contribution in [-0.2, 0) is 4.74 Å². The smallest absolute Gasteiger partial charge is 0.358 e. The van der Waals surface area contributed by atoms with Crippen LogP contribution in [0.2, 0.25) is 10.0 Å². The first kappa shape index (κ1) is 20.1. The van der Waals surface area contributed by atoms with Gasteiger partial charge in [0.1, 0.15) is 0 Å². The standard InChI is InChI=1S/C24H15Cl2NO3/c25-17-11-12-18-19(26)14-21(27-20(18)13-17)24(29)30-23(16-9-5-2-6-10-16)22(28)15-7-3-1-4-8-15/h1-14,23H. The molecule has 1 unspecified atom stereocenters. The number of esters is 1. The lowest BCUT2D eigenvalue weighted by Crippen LogP contribution is -2.21. The van der Waals surface area contributed by atoms with E-state index < -0.39 is 12.1 Å². The Kier molecular flexibility index (Phi) is 5.79. The van der Waals surface area contributed by atoms with Crippen molar-refractivity contribution in [1.82, 2.24) is 4.98 Å². The molecule has 30 heavy (non-hydrogen) atoms. The molecule has 6 heteroatoms. The average molecular weight is 436 g/mol. The van der Waals surface area contributed by atoms with Crippen LogP contribution in [0, 0.1) is 0 Å². The summed E-state index contributed by atoms with van der Waals surface area (Å²) in [5.41, 5.74) is 1.47. The molecule has 0 radical (unpaired) electrons. The molecule has 0 aliphatic rings. The monoisotopic (exact) mass is 435 g/mol. The molecule has 0 saturated carbocycles. The molecule has 0 spiro atoms. The van der Waals surface area contributed by atoms with Crippen LogP contribution in [0.4, 0.5) is 0 Å². The van der Waals surface area contributed by atoms with Crippen molar-refractivity contribution in [3.05, 3.63) is 112 Å². The van der Waals surface area contributed by atoms with Crippen molar-refractivity contribution in [2.45, 2.75) is 6.10 Å². The molecule has 3 aromatic carbocycles. The summed E-state index contributed by atoms with van der Waals surface area (Å²) in [6, 6.07) is 24.0. The van der Waals surface area contributed by atoms with Crippen LogP contribution >= 0.6 is 23.2 Å². The van der Waals surface area contributed by atoms with Crippen molar-refractivity contribution in [1.29, 1.82) is 0 Å². The molecular formula is C24H15Cl2NO3. The number of benzene rings is 3. The lowest BCUT2D eigenvalue weighted by atomic mass is 10.00. The largest absolute Gasteiger partial charge is 0.444 e. The van der Waals surface area contributed by atoms with E-state index in [0.717, 1.165) is 0 Å². The topological polar surface area (TPSA) is 56.3 Å². The van der Waals surface area contributed by atoms with Gasteiger partial charge in [0.05, 0.1) is 10.5 Å². The lowest BCUT2D eigenvalue weighted by molar-refractivity contribution is 0.0275. The number of nitrogens with zero attached hydrogens (tertiary/aromatic N) is 1. The maximum Gasteiger partial charge on any atom is 0.358 e. The lowest BCUT2D eigenvalue weighted by Gasteiger charge is -2.17. The number of halogens is 2. The Bertz CT molecular complexity index is 1230. The zero-order valence-corrected chi connectivity index (χ0v) is 17.1. The first-order chi connectivity index (χ1) is 14.5. The summed E-state index contributed by atoms with van der Waals surface area (Å²) in [7, 11) is 0. The molecule has 4 aromatic rings. The number of Topliss-reactive ketones (excluding diaryl/α,β-unsaturated/α-hetero) is 1. The molecule has 1 heterocycles. The number of rotatable bonds is 5. The highest BCUT2D eigenvalue weighted by Gasteiger charge is 2.27. The fourth-order valence-electron chi connectivity index (χ4n) is 3.09. The van der Waals surface area contributed by atoms with Crippen LogP contribution < -0.4 is 0 Å². The third-order valence-electron chi connectivity index (χ3n) is 4.55. The SMILES string of the molecule is O=C(OC(C(=O)c1ccccc1)c1ccccc1)c1cc(Cl)c2ccc(Cl)cc2n1. The van der Waals surface area contributed by atoms with E-state index >= 15 is 0 Å². The van der Waals surface area contributed by atoms with Gasteiger partial charge in [-0.15, -0.1) is 0 Å². The zero-order chi connectivity index (χ0) is 21.1. The van der Waals surface area contributed by atoms with E-state index in [1.807, 2.05) is 12.1 Å². The van der Waals surface area contributed by atoms with Gasteiger partial charge in [0, 0.05) is 21.5 Å². The minimum absolute atomic E-state index is 0.00319. The highest BCUT2D eigenvalue weighted by molar-refractivity contribution is 6.36. The molecule has 0 bridgehead atoms. The van der Waals surface area contributed by atoms with Crippen LogP contribution in [-0.4, -0.2) is 16.7 Å². The number of hydrogen-bond donors (Lipinski definition) is 0. The molecule has 0 N–H and O–H groups in total. The molecule has 0 aliphatic heterocycles. The predicted octanol–water partition coefficient (Wildman–Crippen LogP) is 6.32. The van der Waals surface area contributed by atoms with Gasteiger partial charge in [-0.3, -0.25) is 4.79 Å². The van der Waals surface area contributed by atoms with Crippen molar-refractivity contribution in [2.24, 2.45) is 0 Å². The van der Waals surface area contributed by atoms with Gasteiger partial charge in [0.15, 0.2) is 11.8 Å². The first-order valence-electron chi connectivity index (χ1n) is 9.14. The number of pyridine rings is 1. The highest BCUT2D eigenvalue weighted by Crippen LogP contribution is 2.28. The zero-order valence-electron chi connectivity index (χ0n) is 15.6. The number of ketones is 1. The van der Waals surface area contributed by atoms with E-state index in [4.69, 9.17) is 27.9 Å². The summed E-state index contributed by atoms with van der Waals surface area (Å²) < 4.78 is 5.63. The maximum absolute atomic E-state index is 13.1. The van der Waals surface area contributed by atoms with Crippen molar-refractivity contribution in [3.63, 3.8) is 0 Å². The Morgan fingerprint density at radius 1 is 0.833 bits per heavy atom. The van der Waals surface area contributed by atoms with Crippen molar-refractivity contribution >= 4 is 45.9 Å². The number of fused-ring (bicyclic) bond motifs is 1. The van der Waals surface area contributed by atoms with Gasteiger partial charge in [0.2, 0.25) is 5.78 Å². The Hall–Kier alpha value is -3.21. The first-order valence-corrected chi connectivity index (χ1v) is 9.89. The van der Waals surface area contributed by atoms with E-state index in [9.17, 15) is 9.59 Å². The van der Waals surface area contributed by atoms with E-state index in [-0.39, 0.29) is 11.5 Å². The van der Waals surface area contributed by atoms with Crippen molar-refractivity contribution in [2.75, 3.05) is 0 Å². The second-order valence-corrected chi connectivity index (χ2v) is 7.42. The third kappa shape index (κ3) is 4.20. The summed E-state index contributed by atoms with van der Waals surface area (Å²) in [6.07, 6.45) is -1.11. The van der Waals surface area contributed by atoms with Gasteiger partial charge < -0.3 is 4.74 Å². The summed E-state index contributed by atoms with van der Waals surface area (Å²) in [6.45, 7) is 0. The maximum atomic E-state index is 13.1. The van der Waals surface area contributed by atoms with E-state index in [2.05, 4.69) is 4.98 Å². The summed E-state index contributed by atoms with van der Waals surface area (Å²) in [5, 5.41) is 1.48. The minimum atomic E-state index is -1.11. The molecule has 148 valence electrons. The Morgan fingerprint density at radius 2 is 1.50 bits per heavy atom. The van der Waals surface area contributed by atoms with Crippen molar-refractivity contribution < 1.29 is 14.3 Å². The van der Waals surface area contributed by atoms with E-state index in [0.29, 0.717) is 32.1 Å². The van der Waals surface area contributed by atoms with Crippen LogP contribution in [0.1, 0.15) is 32.5 Å². The Morgan fingerprint density at radius 3 is 2.20 bits per heavy atom. The molecule has 4 rings (SSSR count). The minimum Gasteiger partial charge on any atom is -0.444 e. The van der Waals surface area contributed by atoms with Crippen LogP contribution in [0.3, 0.4) is 0 Å². The molecule has 0 aliphatic carbocycles. The highest BCUT2D eigenvalue weighted by atomic mass is 35.5. The van der Waals surface area contributed by atoms with Gasteiger partial charge in [-0.2, -0.15) is 0 Å². The summed E-state index contributed by atoms with van der Waals surface area (Å²) in [4.78, 5) is 30.3. The molecule has 4 nitrogen and oxygen atoms in total. The molecule has 0 amide bonds. The fourth-order valence-corrected chi connectivity index (χ4v) is 3.52. The van der Waals surface area contributed by atoms with E-state index in [1.165, 1.54) is 6.07 Å². The Labute approximate surface area is 183 Å². The average Bonchev–Trinajstić information content (AvgIpc) is 2.77. The molecular weight excluding hydrogens is 421 g/mol. The number of carbonyl (C=O) groups excluding carboxylic acids is 2. The number of aromatic nitrogens is 1. The number of hydrogen-bond acceptors (Lipinski definition) is 4. The summed E-state index contributed by atoms with van der Waals surface area (Å²) in [5.74, 6) is -1.08. The van der Waals surface area contributed by atoms with Crippen LogP contribution in [0.15, 0.2) is 84.9 Å². The molecule has 1 aromatic heterocycles. The fraction of sp³-hybridized carbons (Fsp3) is 0.0417. The van der Waals surface area contributed by atoms with Crippen molar-refractivity contribution in [3.8, 4) is 0 Å². The van der Waals surface area contributed by atoms with Crippen LogP contribution in [0.5, 0.6) is 0 Å². The van der Waals surface area contributed by atoms with Gasteiger partial charge >= 0.3 is 5.97 Å². The number of ether oxygens (including phenoxy) is 1. The van der Waals surface area contributed by atoms with Gasteiger partial charge in [-0.05, 0) is 24.3 Å². The van der Waals surface area contributed by atoms with Crippen LogP contribution in [0.25, 0.3) is 10.9 Å². The van der Waals surface area contributed by atoms with E-state index in [1.54, 1.807) is 66.7 Å². The Balaban J connectivity index is 1.70. The molecule has 0 fully saturated rings. The number of carbonyl (C=O) groups is 2. The van der Waals surface area contributed by atoms with Gasteiger partial charge in [-0.1, -0.05) is 83.9 Å². The molecule has 0 saturated heterocycles. The van der Waals surface area contributed by atoms with Gasteiger partial charge in [-0.25, -0.2) is 9.78 Å². The molecule has 1 atom stereocenters.